The summed E-state index contributed by atoms with van der Waals surface area (Å²) >= 11 is 0. The van der Waals surface area contributed by atoms with Crippen molar-refractivity contribution in [1.82, 2.24) is 0 Å². The maximum absolute atomic E-state index is 16.2. The van der Waals surface area contributed by atoms with Gasteiger partial charge in [0.15, 0.2) is 0 Å². The number of alkyl halides is 2. The predicted octanol–water partition coefficient (Wildman–Crippen LogP) is 7.19. The van der Waals surface area contributed by atoms with E-state index in [1.807, 2.05) is 91.0 Å². The Balaban J connectivity index is 1.43. The third-order valence-electron chi connectivity index (χ3n) is 8.44. The van der Waals surface area contributed by atoms with Crippen molar-refractivity contribution in [2.75, 3.05) is 0 Å². The first-order chi connectivity index (χ1) is 17.3. The molecule has 0 saturated heterocycles. The van der Waals surface area contributed by atoms with Crippen LogP contribution in [0.5, 0.6) is 0 Å². The molecule has 1 N–H and O–H groups in total. The maximum atomic E-state index is 16.2. The minimum Gasteiger partial charge on any atom is -0.402 e. The van der Waals surface area contributed by atoms with Gasteiger partial charge < -0.3 is 9.29 Å². The third-order valence-corrected chi connectivity index (χ3v) is 11.7. The number of aliphatic hydroxyl groups is 1. The summed E-state index contributed by atoms with van der Waals surface area (Å²) in [4.78, 5) is 16.1. The van der Waals surface area contributed by atoms with Crippen LogP contribution >= 0.6 is 10.3 Å². The first kappa shape index (κ1) is 23.7. The second kappa shape index (κ2) is 8.42. The highest BCUT2D eigenvalue weighted by Gasteiger charge is 2.74. The Morgan fingerprint density at radius 1 is 0.750 bits per heavy atom. The van der Waals surface area contributed by atoms with Crippen LogP contribution in [-0.2, 0) is 8.98 Å². The number of benzene rings is 3. The molecule has 3 aromatic carbocycles. The van der Waals surface area contributed by atoms with Crippen molar-refractivity contribution in [3.63, 3.8) is 0 Å². The normalized spacial score (nSPS) is 33.3. The monoisotopic (exact) mass is 508 g/mol. The molecule has 4 aliphatic rings. The number of carbonyl (C=O) groups is 1. The van der Waals surface area contributed by atoms with Gasteiger partial charge >= 0.3 is 5.97 Å². The van der Waals surface area contributed by atoms with Gasteiger partial charge in [0.2, 0.25) is 0 Å². The standard InChI is InChI=1S/C30H30F2O3S/c31-28-17-22-16-23(19-28)20-29(32,18-22)30(28,34)21-27(33)35-36(24-10-4-1-5-11-24,25-12-6-2-7-13-25)26-14-8-3-9-15-26/h1-15,22-23,34H,16-21H2. The summed E-state index contributed by atoms with van der Waals surface area (Å²) < 4.78 is 38.9. The van der Waals surface area contributed by atoms with Crippen molar-refractivity contribution in [3.05, 3.63) is 91.0 Å². The van der Waals surface area contributed by atoms with E-state index in [2.05, 4.69) is 0 Å². The molecule has 7 rings (SSSR count). The molecule has 0 aliphatic heterocycles. The molecule has 0 amide bonds. The summed E-state index contributed by atoms with van der Waals surface area (Å²) in [5.74, 6) is -0.941. The number of halogens is 2. The fourth-order valence-corrected chi connectivity index (χ4v) is 10.2. The van der Waals surface area contributed by atoms with Crippen molar-refractivity contribution in [3.8, 4) is 0 Å². The molecule has 188 valence electrons. The first-order valence-electron chi connectivity index (χ1n) is 12.6. The average molecular weight is 509 g/mol. The zero-order valence-electron chi connectivity index (χ0n) is 20.0. The van der Waals surface area contributed by atoms with E-state index < -0.39 is 39.6 Å². The molecule has 3 nitrogen and oxygen atoms in total. The topological polar surface area (TPSA) is 46.5 Å². The highest BCUT2D eigenvalue weighted by atomic mass is 32.3. The lowest BCUT2D eigenvalue weighted by molar-refractivity contribution is -0.283. The van der Waals surface area contributed by atoms with Gasteiger partial charge in [0.05, 0.1) is 6.42 Å². The quantitative estimate of drug-likeness (QED) is 0.383. The molecule has 0 spiro atoms. The lowest BCUT2D eigenvalue weighted by Gasteiger charge is -2.64. The van der Waals surface area contributed by atoms with Crippen LogP contribution in [0.15, 0.2) is 106 Å². The van der Waals surface area contributed by atoms with Crippen LogP contribution < -0.4 is 0 Å². The van der Waals surface area contributed by atoms with Gasteiger partial charge in [-0.05, 0) is 90.6 Å². The second-order valence-corrected chi connectivity index (χ2v) is 13.4. The molecule has 6 heteroatoms. The third kappa shape index (κ3) is 3.45. The van der Waals surface area contributed by atoms with Crippen LogP contribution in [0.3, 0.4) is 0 Å². The predicted molar refractivity (Wildman–Crippen MR) is 135 cm³/mol. The highest BCUT2D eigenvalue weighted by Crippen LogP contribution is 2.70. The molecule has 0 radical (unpaired) electrons. The Kier molecular flexibility index (Phi) is 5.54. The molecule has 4 saturated carbocycles. The molecule has 4 bridgehead atoms. The van der Waals surface area contributed by atoms with E-state index in [1.165, 1.54) is 0 Å². The zero-order valence-corrected chi connectivity index (χ0v) is 20.8. The molecular weight excluding hydrogens is 478 g/mol. The van der Waals surface area contributed by atoms with Crippen LogP contribution in [0, 0.1) is 11.8 Å². The van der Waals surface area contributed by atoms with Gasteiger partial charge in [0.1, 0.15) is 16.9 Å². The Morgan fingerprint density at radius 2 is 1.11 bits per heavy atom. The summed E-state index contributed by atoms with van der Waals surface area (Å²) in [7, 11) is -2.58. The SMILES string of the molecule is O=C(CC1(O)C2(F)CC3CC(C2)CC1(F)C3)OS(c1ccccc1)(c1ccccc1)c1ccccc1. The van der Waals surface area contributed by atoms with Crippen molar-refractivity contribution in [1.29, 1.82) is 0 Å². The fraction of sp³-hybridized carbons (Fsp3) is 0.367. The number of rotatable bonds is 6. The van der Waals surface area contributed by atoms with Crippen LogP contribution in [0.1, 0.15) is 38.5 Å². The van der Waals surface area contributed by atoms with E-state index in [4.69, 9.17) is 4.18 Å². The van der Waals surface area contributed by atoms with E-state index in [1.54, 1.807) is 0 Å². The number of carbonyl (C=O) groups excluding carboxylic acids is 1. The van der Waals surface area contributed by atoms with Gasteiger partial charge in [-0.25, -0.2) is 8.78 Å². The van der Waals surface area contributed by atoms with Gasteiger partial charge in [-0.1, -0.05) is 54.6 Å². The molecule has 3 aromatic rings. The lowest BCUT2D eigenvalue weighted by atomic mass is 9.46. The van der Waals surface area contributed by atoms with Crippen LogP contribution in [0.25, 0.3) is 0 Å². The van der Waals surface area contributed by atoms with Crippen LogP contribution in [0.4, 0.5) is 8.78 Å². The van der Waals surface area contributed by atoms with E-state index in [9.17, 15) is 9.90 Å². The van der Waals surface area contributed by atoms with Gasteiger partial charge in [-0.3, -0.25) is 4.79 Å². The number of hydrogen-bond donors (Lipinski definition) is 1. The molecule has 0 unspecified atom stereocenters. The minimum atomic E-state index is -2.58. The van der Waals surface area contributed by atoms with E-state index in [-0.39, 0.29) is 37.5 Å². The van der Waals surface area contributed by atoms with Gasteiger partial charge in [0.25, 0.3) is 0 Å². The van der Waals surface area contributed by atoms with Crippen molar-refractivity contribution in [2.45, 2.75) is 70.1 Å². The van der Waals surface area contributed by atoms with Crippen molar-refractivity contribution in [2.24, 2.45) is 11.8 Å². The Bertz CT molecular complexity index is 1120. The molecule has 0 atom stereocenters. The molecule has 0 aromatic heterocycles. The molecule has 0 heterocycles. The van der Waals surface area contributed by atoms with Gasteiger partial charge in [-0.15, -0.1) is 0 Å². The van der Waals surface area contributed by atoms with E-state index in [0.29, 0.717) is 0 Å². The highest BCUT2D eigenvalue weighted by molar-refractivity contribution is 8.30. The van der Waals surface area contributed by atoms with Crippen LogP contribution in [-0.4, -0.2) is 28.0 Å². The largest absolute Gasteiger partial charge is 0.402 e. The van der Waals surface area contributed by atoms with Crippen LogP contribution in [0.2, 0.25) is 0 Å². The molecule has 4 aliphatic carbocycles. The Morgan fingerprint density at radius 3 is 1.47 bits per heavy atom. The van der Waals surface area contributed by atoms with Gasteiger partial charge in [0, 0.05) is 14.7 Å². The summed E-state index contributed by atoms with van der Waals surface area (Å²) in [6.45, 7) is 0. The summed E-state index contributed by atoms with van der Waals surface area (Å²) in [5, 5.41) is 11.6. The van der Waals surface area contributed by atoms with Crippen molar-refractivity contribution < 1.29 is 22.9 Å². The molecule has 36 heavy (non-hydrogen) atoms. The first-order valence-corrected chi connectivity index (χ1v) is 14.1. The Hall–Kier alpha value is -2.70. The summed E-state index contributed by atoms with van der Waals surface area (Å²) in [6, 6.07) is 28.4. The zero-order chi connectivity index (χ0) is 25.0. The number of hydrogen-bond acceptors (Lipinski definition) is 3. The fourth-order valence-electron chi connectivity index (χ4n) is 7.11. The lowest BCUT2D eigenvalue weighted by Crippen LogP contribution is -2.74. The smallest absolute Gasteiger partial charge is 0.320 e. The summed E-state index contributed by atoms with van der Waals surface area (Å²) in [6.07, 6.45) is 0.516. The summed E-state index contributed by atoms with van der Waals surface area (Å²) in [5.41, 5.74) is -6.62. The Labute approximate surface area is 212 Å². The van der Waals surface area contributed by atoms with E-state index >= 15 is 8.78 Å². The van der Waals surface area contributed by atoms with Gasteiger partial charge in [-0.2, -0.15) is 0 Å². The maximum Gasteiger partial charge on any atom is 0.320 e. The second-order valence-electron chi connectivity index (χ2n) is 10.7. The molecular formula is C30H30F2O3S. The minimum absolute atomic E-state index is 0.0773. The average Bonchev–Trinajstić information content (AvgIpc) is 2.87. The van der Waals surface area contributed by atoms with E-state index in [0.717, 1.165) is 21.1 Å². The molecule has 4 fully saturated rings. The van der Waals surface area contributed by atoms with Crippen molar-refractivity contribution >= 4 is 16.3 Å².